The average Bonchev–Trinajstić information content (AvgIpc) is 3.05. The van der Waals surface area contributed by atoms with Crippen LogP contribution < -0.4 is 5.73 Å². The van der Waals surface area contributed by atoms with Crippen LogP contribution in [0.3, 0.4) is 0 Å². The number of aryl methyl sites for hydroxylation is 2. The van der Waals surface area contributed by atoms with E-state index < -0.39 is 0 Å². The Morgan fingerprint density at radius 3 is 2.81 bits per heavy atom. The molecule has 0 spiro atoms. The van der Waals surface area contributed by atoms with Crippen LogP contribution in [0.4, 0.5) is 0 Å². The Kier molecular flexibility index (Phi) is 5.08. The molecule has 114 valence electrons. The van der Waals surface area contributed by atoms with Gasteiger partial charge in [0.15, 0.2) is 5.78 Å². The molecule has 2 heterocycles. The molecular formula is C13H19ClN6O. The van der Waals surface area contributed by atoms with E-state index in [0.717, 1.165) is 17.8 Å². The van der Waals surface area contributed by atoms with Crippen molar-refractivity contribution in [2.75, 3.05) is 6.54 Å². The second-order valence-electron chi connectivity index (χ2n) is 4.63. The first-order chi connectivity index (χ1) is 10.1. The number of rotatable bonds is 7. The van der Waals surface area contributed by atoms with Crippen molar-refractivity contribution in [2.24, 2.45) is 5.73 Å². The molecule has 0 aromatic carbocycles. The average molecular weight is 311 g/mol. The van der Waals surface area contributed by atoms with E-state index in [1.807, 2.05) is 13.8 Å². The number of hydrogen-bond donors (Lipinski definition) is 1. The standard InChI is InChI=1S/C13H19ClN6O/c1-3-9-13(14)11(20(4-2)17-9)7-12(21)10-8-19(6-5-15)18-16-10/h8H,3-7,15H2,1-2H3. The second-order valence-corrected chi connectivity index (χ2v) is 5.01. The first-order valence-corrected chi connectivity index (χ1v) is 7.35. The third-order valence-corrected chi connectivity index (χ3v) is 3.64. The van der Waals surface area contributed by atoms with E-state index in [9.17, 15) is 4.79 Å². The predicted octanol–water partition coefficient (Wildman–Crippen LogP) is 1.09. The largest absolute Gasteiger partial charge is 0.329 e. The Morgan fingerprint density at radius 2 is 2.19 bits per heavy atom. The van der Waals surface area contributed by atoms with Gasteiger partial charge in [0.25, 0.3) is 0 Å². The molecule has 0 amide bonds. The van der Waals surface area contributed by atoms with Gasteiger partial charge in [-0.15, -0.1) is 5.10 Å². The van der Waals surface area contributed by atoms with Crippen molar-refractivity contribution < 1.29 is 4.79 Å². The van der Waals surface area contributed by atoms with E-state index in [0.29, 0.717) is 30.4 Å². The third kappa shape index (κ3) is 3.30. The summed E-state index contributed by atoms with van der Waals surface area (Å²) in [6.45, 7) is 5.61. The Morgan fingerprint density at radius 1 is 1.43 bits per heavy atom. The molecule has 0 saturated carbocycles. The van der Waals surface area contributed by atoms with Gasteiger partial charge in [-0.3, -0.25) is 14.2 Å². The van der Waals surface area contributed by atoms with Gasteiger partial charge >= 0.3 is 0 Å². The third-order valence-electron chi connectivity index (χ3n) is 3.20. The number of hydrogen-bond acceptors (Lipinski definition) is 5. The highest BCUT2D eigenvalue weighted by Gasteiger charge is 2.19. The summed E-state index contributed by atoms with van der Waals surface area (Å²) in [4.78, 5) is 12.3. The van der Waals surface area contributed by atoms with Crippen LogP contribution in [-0.4, -0.2) is 37.1 Å². The highest BCUT2D eigenvalue weighted by atomic mass is 35.5. The molecule has 0 atom stereocenters. The number of nitrogens with zero attached hydrogens (tertiary/aromatic N) is 5. The molecule has 0 aliphatic heterocycles. The lowest BCUT2D eigenvalue weighted by atomic mass is 10.1. The molecule has 21 heavy (non-hydrogen) atoms. The minimum atomic E-state index is -0.127. The van der Waals surface area contributed by atoms with Gasteiger partial charge in [0.05, 0.1) is 35.6 Å². The van der Waals surface area contributed by atoms with Crippen LogP contribution in [0.2, 0.25) is 5.02 Å². The number of carbonyl (C=O) groups is 1. The summed E-state index contributed by atoms with van der Waals surface area (Å²) in [6, 6.07) is 0. The minimum Gasteiger partial charge on any atom is -0.329 e. The van der Waals surface area contributed by atoms with Crippen LogP contribution in [0.25, 0.3) is 0 Å². The summed E-state index contributed by atoms with van der Waals surface area (Å²) in [5.74, 6) is -0.127. The maximum atomic E-state index is 12.3. The molecule has 2 aromatic heterocycles. The van der Waals surface area contributed by atoms with Gasteiger partial charge in [0, 0.05) is 13.1 Å². The summed E-state index contributed by atoms with van der Waals surface area (Å²) in [5.41, 5.74) is 7.31. The molecule has 0 fully saturated rings. The Bertz CT molecular complexity index is 633. The number of nitrogens with two attached hydrogens (primary N) is 1. The SMILES string of the molecule is CCc1nn(CC)c(CC(=O)c2cn(CCN)nn2)c1Cl. The maximum absolute atomic E-state index is 12.3. The van der Waals surface area contributed by atoms with Crippen molar-refractivity contribution >= 4 is 17.4 Å². The maximum Gasteiger partial charge on any atom is 0.190 e. The Hall–Kier alpha value is -1.73. The molecule has 7 nitrogen and oxygen atoms in total. The fourth-order valence-electron chi connectivity index (χ4n) is 2.10. The number of aromatic nitrogens is 5. The molecule has 0 unspecified atom stereocenters. The fourth-order valence-corrected chi connectivity index (χ4v) is 2.43. The summed E-state index contributed by atoms with van der Waals surface area (Å²) >= 11 is 6.30. The molecule has 0 radical (unpaired) electrons. The quantitative estimate of drug-likeness (QED) is 0.773. The van der Waals surface area contributed by atoms with Crippen molar-refractivity contribution in [2.45, 2.75) is 39.8 Å². The molecule has 2 aromatic rings. The Balaban J connectivity index is 2.20. The van der Waals surface area contributed by atoms with Crippen molar-refractivity contribution in [1.82, 2.24) is 24.8 Å². The molecule has 0 aliphatic rings. The van der Waals surface area contributed by atoms with Crippen LogP contribution in [0.15, 0.2) is 6.20 Å². The zero-order valence-corrected chi connectivity index (χ0v) is 13.0. The number of carbonyl (C=O) groups excluding carboxylic acids is 1. The summed E-state index contributed by atoms with van der Waals surface area (Å²) in [7, 11) is 0. The van der Waals surface area contributed by atoms with Gasteiger partial charge < -0.3 is 5.73 Å². The minimum absolute atomic E-state index is 0.127. The monoisotopic (exact) mass is 310 g/mol. The van der Waals surface area contributed by atoms with Crippen molar-refractivity contribution in [3.63, 3.8) is 0 Å². The Labute approximate surface area is 128 Å². The summed E-state index contributed by atoms with van der Waals surface area (Å²) < 4.78 is 3.33. The number of ketones is 1. The van der Waals surface area contributed by atoms with Gasteiger partial charge in [-0.1, -0.05) is 23.7 Å². The van der Waals surface area contributed by atoms with Crippen LogP contribution in [-0.2, 0) is 25.9 Å². The lowest BCUT2D eigenvalue weighted by Crippen LogP contribution is -2.11. The van der Waals surface area contributed by atoms with E-state index in [4.69, 9.17) is 17.3 Å². The smallest absolute Gasteiger partial charge is 0.190 e. The molecule has 8 heteroatoms. The van der Waals surface area contributed by atoms with Gasteiger partial charge in [-0.05, 0) is 13.3 Å². The highest BCUT2D eigenvalue weighted by molar-refractivity contribution is 6.32. The second kappa shape index (κ2) is 6.82. The zero-order chi connectivity index (χ0) is 15.4. The molecule has 0 bridgehead atoms. The fraction of sp³-hybridized carbons (Fsp3) is 0.538. The van der Waals surface area contributed by atoms with Gasteiger partial charge in [0.2, 0.25) is 0 Å². The van der Waals surface area contributed by atoms with Crippen LogP contribution in [0.1, 0.15) is 35.7 Å². The zero-order valence-electron chi connectivity index (χ0n) is 12.2. The molecule has 2 rings (SSSR count). The van der Waals surface area contributed by atoms with Crippen LogP contribution in [0.5, 0.6) is 0 Å². The lowest BCUT2D eigenvalue weighted by Gasteiger charge is -2.03. The van der Waals surface area contributed by atoms with Crippen molar-refractivity contribution in [3.05, 3.63) is 28.3 Å². The van der Waals surface area contributed by atoms with E-state index >= 15 is 0 Å². The van der Waals surface area contributed by atoms with E-state index in [1.165, 1.54) is 0 Å². The van der Waals surface area contributed by atoms with Crippen molar-refractivity contribution in [3.8, 4) is 0 Å². The normalized spacial score (nSPS) is 11.0. The molecular weight excluding hydrogens is 292 g/mol. The molecule has 0 saturated heterocycles. The van der Waals surface area contributed by atoms with E-state index in [1.54, 1.807) is 15.6 Å². The first-order valence-electron chi connectivity index (χ1n) is 6.98. The lowest BCUT2D eigenvalue weighted by molar-refractivity contribution is 0.0985. The number of halogens is 1. The van der Waals surface area contributed by atoms with Gasteiger partial charge in [0.1, 0.15) is 5.69 Å². The highest BCUT2D eigenvalue weighted by Crippen LogP contribution is 2.22. The van der Waals surface area contributed by atoms with E-state index in [2.05, 4.69) is 15.4 Å². The first kappa shape index (κ1) is 15.7. The summed E-state index contributed by atoms with van der Waals surface area (Å²) in [6.07, 6.45) is 2.51. The predicted molar refractivity (Wildman–Crippen MR) is 79.4 cm³/mol. The summed E-state index contributed by atoms with van der Waals surface area (Å²) in [5, 5.41) is 12.7. The topological polar surface area (TPSA) is 91.6 Å². The van der Waals surface area contributed by atoms with Gasteiger partial charge in [-0.25, -0.2) is 0 Å². The molecule has 2 N–H and O–H groups in total. The van der Waals surface area contributed by atoms with Crippen LogP contribution in [0, 0.1) is 0 Å². The molecule has 0 aliphatic carbocycles. The number of Topliss-reactive ketones (excluding diaryl/α,β-unsaturated/α-hetero) is 1. The van der Waals surface area contributed by atoms with Crippen molar-refractivity contribution in [1.29, 1.82) is 0 Å². The van der Waals surface area contributed by atoms with E-state index in [-0.39, 0.29) is 12.2 Å². The van der Waals surface area contributed by atoms with Gasteiger partial charge in [-0.2, -0.15) is 5.10 Å². The van der Waals surface area contributed by atoms with Crippen LogP contribution >= 0.6 is 11.6 Å².